The monoisotopic (exact) mass is 268 g/mol. The minimum atomic E-state index is -3.23. The van der Waals surface area contributed by atoms with Crippen molar-refractivity contribution in [3.8, 4) is 0 Å². The molecule has 1 aliphatic heterocycles. The second-order valence-corrected chi connectivity index (χ2v) is 6.76. The lowest BCUT2D eigenvalue weighted by atomic mass is 10.1. The van der Waals surface area contributed by atoms with Crippen molar-refractivity contribution in [2.45, 2.75) is 31.7 Å². The second-order valence-electron chi connectivity index (χ2n) is 4.84. The van der Waals surface area contributed by atoms with Crippen LogP contribution in [0, 0.1) is 0 Å². The van der Waals surface area contributed by atoms with Crippen molar-refractivity contribution in [3.05, 3.63) is 35.9 Å². The Morgan fingerprint density at radius 2 is 1.94 bits per heavy atom. The maximum atomic E-state index is 12.4. The molecule has 2 unspecified atom stereocenters. The third-order valence-electron chi connectivity index (χ3n) is 3.53. The van der Waals surface area contributed by atoms with Crippen molar-refractivity contribution >= 4 is 10.0 Å². The van der Waals surface area contributed by atoms with E-state index in [9.17, 15) is 8.42 Å². The average Bonchev–Trinajstić information content (AvgIpc) is 2.33. The number of hydrogen-bond acceptors (Lipinski definition) is 3. The first-order valence-electron chi connectivity index (χ1n) is 6.27. The van der Waals surface area contributed by atoms with E-state index in [-0.39, 0.29) is 17.8 Å². The molecule has 0 saturated carbocycles. The third-order valence-corrected chi connectivity index (χ3v) is 5.45. The van der Waals surface area contributed by atoms with Gasteiger partial charge in [-0.3, -0.25) is 0 Å². The zero-order chi connectivity index (χ0) is 13.2. The Labute approximate surface area is 109 Å². The maximum absolute atomic E-state index is 12.4. The number of nitrogens with one attached hydrogen (secondary N) is 1. The highest BCUT2D eigenvalue weighted by Gasteiger charge is 2.33. The van der Waals surface area contributed by atoms with Gasteiger partial charge in [-0.2, -0.15) is 4.31 Å². The van der Waals surface area contributed by atoms with Crippen molar-refractivity contribution in [1.29, 1.82) is 0 Å². The quantitative estimate of drug-likeness (QED) is 0.896. The van der Waals surface area contributed by atoms with Gasteiger partial charge < -0.3 is 5.32 Å². The summed E-state index contributed by atoms with van der Waals surface area (Å²) in [6.45, 7) is 5.26. The summed E-state index contributed by atoms with van der Waals surface area (Å²) >= 11 is 0. The SMILES string of the molecule is CC1NCCN(S(=O)(=O)Cc2ccccc2)C1C. The molecule has 0 bridgehead atoms. The van der Waals surface area contributed by atoms with Gasteiger partial charge in [-0.15, -0.1) is 0 Å². The standard InChI is InChI=1S/C13H20N2O2S/c1-11-12(2)15(9-8-14-11)18(16,17)10-13-6-4-3-5-7-13/h3-7,11-12,14H,8-10H2,1-2H3. The molecule has 2 rings (SSSR count). The van der Waals surface area contributed by atoms with Crippen molar-refractivity contribution in [1.82, 2.24) is 9.62 Å². The van der Waals surface area contributed by atoms with E-state index in [2.05, 4.69) is 5.32 Å². The van der Waals surface area contributed by atoms with E-state index in [1.54, 1.807) is 4.31 Å². The molecule has 1 aliphatic rings. The summed E-state index contributed by atoms with van der Waals surface area (Å²) in [5.74, 6) is 0.0882. The Morgan fingerprint density at radius 3 is 2.61 bits per heavy atom. The fraction of sp³-hybridized carbons (Fsp3) is 0.538. The van der Waals surface area contributed by atoms with Gasteiger partial charge in [-0.05, 0) is 19.4 Å². The van der Waals surface area contributed by atoms with E-state index in [4.69, 9.17) is 0 Å². The molecule has 1 heterocycles. The first-order valence-corrected chi connectivity index (χ1v) is 7.88. The van der Waals surface area contributed by atoms with E-state index in [0.29, 0.717) is 6.54 Å². The van der Waals surface area contributed by atoms with Gasteiger partial charge in [0.05, 0.1) is 5.75 Å². The van der Waals surface area contributed by atoms with Crippen LogP contribution in [0.5, 0.6) is 0 Å². The molecule has 1 saturated heterocycles. The minimum Gasteiger partial charge on any atom is -0.311 e. The van der Waals surface area contributed by atoms with E-state index in [1.165, 1.54) is 0 Å². The van der Waals surface area contributed by atoms with Crippen LogP contribution in [0.3, 0.4) is 0 Å². The largest absolute Gasteiger partial charge is 0.311 e. The molecular formula is C13H20N2O2S. The summed E-state index contributed by atoms with van der Waals surface area (Å²) in [5.41, 5.74) is 0.843. The van der Waals surface area contributed by atoms with Crippen LogP contribution in [-0.2, 0) is 15.8 Å². The van der Waals surface area contributed by atoms with E-state index < -0.39 is 10.0 Å². The zero-order valence-electron chi connectivity index (χ0n) is 10.8. The molecule has 0 radical (unpaired) electrons. The zero-order valence-corrected chi connectivity index (χ0v) is 11.7. The van der Waals surface area contributed by atoms with Crippen molar-refractivity contribution in [2.75, 3.05) is 13.1 Å². The van der Waals surface area contributed by atoms with Gasteiger partial charge in [-0.1, -0.05) is 30.3 Å². The lowest BCUT2D eigenvalue weighted by Gasteiger charge is -2.37. The predicted molar refractivity (Wildman–Crippen MR) is 72.7 cm³/mol. The van der Waals surface area contributed by atoms with Crippen LogP contribution in [0.25, 0.3) is 0 Å². The van der Waals surface area contributed by atoms with Crippen LogP contribution >= 0.6 is 0 Å². The van der Waals surface area contributed by atoms with Gasteiger partial charge in [0.2, 0.25) is 10.0 Å². The fourth-order valence-electron chi connectivity index (χ4n) is 2.29. The molecule has 0 aliphatic carbocycles. The highest BCUT2D eigenvalue weighted by atomic mass is 32.2. The summed E-state index contributed by atoms with van der Waals surface area (Å²) < 4.78 is 26.4. The molecule has 4 nitrogen and oxygen atoms in total. The van der Waals surface area contributed by atoms with Crippen LogP contribution < -0.4 is 5.32 Å². The van der Waals surface area contributed by atoms with Gasteiger partial charge in [0.25, 0.3) is 0 Å². The third kappa shape index (κ3) is 2.91. The molecular weight excluding hydrogens is 248 g/mol. The van der Waals surface area contributed by atoms with E-state index in [0.717, 1.165) is 12.1 Å². The van der Waals surface area contributed by atoms with Crippen LogP contribution in [0.15, 0.2) is 30.3 Å². The van der Waals surface area contributed by atoms with Crippen molar-refractivity contribution in [3.63, 3.8) is 0 Å². The number of hydrogen-bond donors (Lipinski definition) is 1. The Bertz CT molecular complexity index is 487. The normalized spacial score (nSPS) is 26.1. The van der Waals surface area contributed by atoms with Gasteiger partial charge in [0, 0.05) is 25.2 Å². The first kappa shape index (κ1) is 13.5. The highest BCUT2D eigenvalue weighted by molar-refractivity contribution is 7.88. The van der Waals surface area contributed by atoms with E-state index in [1.807, 2.05) is 44.2 Å². The van der Waals surface area contributed by atoms with Gasteiger partial charge in [-0.25, -0.2) is 8.42 Å². The molecule has 2 atom stereocenters. The summed E-state index contributed by atoms with van der Waals surface area (Å²) in [7, 11) is -3.23. The van der Waals surface area contributed by atoms with E-state index >= 15 is 0 Å². The molecule has 5 heteroatoms. The highest BCUT2D eigenvalue weighted by Crippen LogP contribution is 2.17. The number of rotatable bonds is 3. The summed E-state index contributed by atoms with van der Waals surface area (Å²) in [6.07, 6.45) is 0. The second kappa shape index (κ2) is 5.38. The lowest BCUT2D eigenvalue weighted by Crippen LogP contribution is -2.57. The van der Waals surface area contributed by atoms with Crippen molar-refractivity contribution in [2.24, 2.45) is 0 Å². The van der Waals surface area contributed by atoms with Gasteiger partial charge in [0.1, 0.15) is 0 Å². The molecule has 0 amide bonds. The summed E-state index contributed by atoms with van der Waals surface area (Å²) in [5, 5.41) is 3.29. The number of piperazine rings is 1. The Kier molecular flexibility index (Phi) is 4.04. The number of nitrogens with zero attached hydrogens (tertiary/aromatic N) is 1. The molecule has 18 heavy (non-hydrogen) atoms. The Morgan fingerprint density at radius 1 is 1.28 bits per heavy atom. The topological polar surface area (TPSA) is 49.4 Å². The molecule has 1 fully saturated rings. The van der Waals surface area contributed by atoms with Crippen molar-refractivity contribution < 1.29 is 8.42 Å². The molecule has 100 valence electrons. The molecule has 1 aromatic rings. The Hall–Kier alpha value is -0.910. The van der Waals surface area contributed by atoms with Gasteiger partial charge in [0.15, 0.2) is 0 Å². The minimum absolute atomic E-state index is 0.00691. The molecule has 1 aromatic carbocycles. The maximum Gasteiger partial charge on any atom is 0.218 e. The van der Waals surface area contributed by atoms with Crippen LogP contribution in [0.1, 0.15) is 19.4 Å². The van der Waals surface area contributed by atoms with Gasteiger partial charge >= 0.3 is 0 Å². The summed E-state index contributed by atoms with van der Waals surface area (Å²) in [6, 6.07) is 9.55. The molecule has 1 N–H and O–H groups in total. The molecule has 0 aromatic heterocycles. The van der Waals surface area contributed by atoms with Crippen LogP contribution in [0.2, 0.25) is 0 Å². The van der Waals surface area contributed by atoms with Crippen LogP contribution in [-0.4, -0.2) is 37.9 Å². The Balaban J connectivity index is 2.16. The predicted octanol–water partition coefficient (Wildman–Crippen LogP) is 1.20. The first-order chi connectivity index (χ1) is 8.50. The van der Waals surface area contributed by atoms with Crippen LogP contribution in [0.4, 0.5) is 0 Å². The number of sulfonamides is 1. The lowest BCUT2D eigenvalue weighted by molar-refractivity contribution is 0.232. The summed E-state index contributed by atoms with van der Waals surface area (Å²) in [4.78, 5) is 0. The number of benzene rings is 1. The fourth-order valence-corrected chi connectivity index (χ4v) is 4.12. The molecule has 0 spiro atoms. The smallest absolute Gasteiger partial charge is 0.218 e. The average molecular weight is 268 g/mol.